The van der Waals surface area contributed by atoms with Gasteiger partial charge in [0.05, 0.1) is 19.8 Å². The number of rotatable bonds is 10. The van der Waals surface area contributed by atoms with Crippen molar-refractivity contribution < 1.29 is 23.5 Å². The van der Waals surface area contributed by atoms with Gasteiger partial charge in [-0.05, 0) is 57.9 Å². The van der Waals surface area contributed by atoms with Gasteiger partial charge in [0.2, 0.25) is 17.5 Å². The van der Waals surface area contributed by atoms with Crippen LogP contribution in [0.3, 0.4) is 0 Å². The summed E-state index contributed by atoms with van der Waals surface area (Å²) in [5.41, 5.74) is 1.37. The largest absolute Gasteiger partial charge is 0.490 e. The number of amides is 1. The molecule has 2 aromatic heterocycles. The fourth-order valence-corrected chi connectivity index (χ4v) is 5.23. The molecule has 1 saturated heterocycles. The van der Waals surface area contributed by atoms with Crippen LogP contribution in [0.2, 0.25) is 0 Å². The normalized spacial score (nSPS) is 16.0. The van der Waals surface area contributed by atoms with E-state index in [4.69, 9.17) is 18.7 Å². The molecular weight excluding hydrogens is 498 g/mol. The molecule has 0 atom stereocenters. The predicted octanol–water partition coefficient (Wildman–Crippen LogP) is 4.95. The second kappa shape index (κ2) is 12.4. The number of anilines is 1. The third-order valence-electron chi connectivity index (χ3n) is 7.20. The van der Waals surface area contributed by atoms with E-state index in [0.717, 1.165) is 30.1 Å². The monoisotopic (exact) mass is 535 g/mol. The van der Waals surface area contributed by atoms with Gasteiger partial charge in [-0.2, -0.15) is 4.98 Å². The average Bonchev–Trinajstić information content (AvgIpc) is 3.68. The van der Waals surface area contributed by atoms with Gasteiger partial charge in [-0.25, -0.2) is 4.98 Å². The van der Waals surface area contributed by atoms with Crippen molar-refractivity contribution in [1.29, 1.82) is 0 Å². The summed E-state index contributed by atoms with van der Waals surface area (Å²) in [5.74, 6) is 4.09. The van der Waals surface area contributed by atoms with E-state index in [-0.39, 0.29) is 5.91 Å². The fraction of sp³-hybridized carbons (Fsp3) is 0.517. The number of hydrogen-bond acceptors (Lipinski definition) is 9. The van der Waals surface area contributed by atoms with Gasteiger partial charge in [-0.1, -0.05) is 18.0 Å². The third-order valence-corrected chi connectivity index (χ3v) is 7.20. The zero-order chi connectivity index (χ0) is 27.2. The van der Waals surface area contributed by atoms with Crippen LogP contribution in [0.5, 0.6) is 17.2 Å². The Morgan fingerprint density at radius 1 is 0.949 bits per heavy atom. The zero-order valence-corrected chi connectivity index (χ0v) is 23.0. The quantitative estimate of drug-likeness (QED) is 0.357. The van der Waals surface area contributed by atoms with Crippen LogP contribution in [0.15, 0.2) is 35.0 Å². The topological polar surface area (TPSA) is 103 Å². The number of piperazine rings is 1. The van der Waals surface area contributed by atoms with E-state index in [1.807, 2.05) is 37.8 Å². The molecule has 1 aromatic carbocycles. The highest BCUT2D eigenvalue weighted by Gasteiger charge is 2.26. The number of nitrogens with zero attached hydrogens (tertiary/aromatic N) is 5. The summed E-state index contributed by atoms with van der Waals surface area (Å²) in [7, 11) is 0. The number of carbonyl (C=O) groups is 1. The van der Waals surface area contributed by atoms with Crippen LogP contribution in [0.25, 0.3) is 11.4 Å². The third kappa shape index (κ3) is 5.94. The Hall–Kier alpha value is -3.82. The van der Waals surface area contributed by atoms with Gasteiger partial charge in [0.25, 0.3) is 5.91 Å². The van der Waals surface area contributed by atoms with E-state index in [1.165, 1.54) is 12.8 Å². The summed E-state index contributed by atoms with van der Waals surface area (Å²) < 4.78 is 22.9. The van der Waals surface area contributed by atoms with Gasteiger partial charge in [0.15, 0.2) is 11.5 Å². The molecule has 0 N–H and O–H groups in total. The van der Waals surface area contributed by atoms with Crippen molar-refractivity contribution in [2.24, 2.45) is 0 Å². The van der Waals surface area contributed by atoms with E-state index in [2.05, 4.69) is 20.0 Å². The molecule has 39 heavy (non-hydrogen) atoms. The lowest BCUT2D eigenvalue weighted by Crippen LogP contribution is -2.49. The molecular formula is C29H37N5O5. The maximum Gasteiger partial charge on any atom is 0.254 e. The standard InChI is InChI=1S/C29H37N5O5/c1-4-36-23-17-22(18-24(37-5-2)26(23)38-6-3)29(35)34-15-13-33(14-16-34)25-12-11-21(19-30-25)27-31-28(39-32-27)20-9-7-8-10-20/h11-12,17-20H,4-10,13-16H2,1-3H3. The molecule has 0 bridgehead atoms. The number of ether oxygens (including phenoxy) is 3. The lowest BCUT2D eigenvalue weighted by atomic mass is 10.1. The molecule has 208 valence electrons. The molecule has 3 heterocycles. The first kappa shape index (κ1) is 26.8. The fourth-order valence-electron chi connectivity index (χ4n) is 5.23. The Morgan fingerprint density at radius 2 is 1.62 bits per heavy atom. The van der Waals surface area contributed by atoms with E-state index >= 15 is 0 Å². The van der Waals surface area contributed by atoms with Crippen LogP contribution in [-0.4, -0.2) is 71.9 Å². The molecule has 10 heteroatoms. The van der Waals surface area contributed by atoms with Crippen LogP contribution in [-0.2, 0) is 0 Å². The highest BCUT2D eigenvalue weighted by atomic mass is 16.5. The molecule has 1 amide bonds. The second-order valence-electron chi connectivity index (χ2n) is 9.72. The molecule has 2 fully saturated rings. The highest BCUT2D eigenvalue weighted by molar-refractivity contribution is 5.96. The van der Waals surface area contributed by atoms with Crippen molar-refractivity contribution in [2.45, 2.75) is 52.4 Å². The first-order valence-electron chi connectivity index (χ1n) is 14.0. The lowest BCUT2D eigenvalue weighted by Gasteiger charge is -2.35. The summed E-state index contributed by atoms with van der Waals surface area (Å²) in [5, 5.41) is 4.17. The molecule has 5 rings (SSSR count). The van der Waals surface area contributed by atoms with Crippen LogP contribution >= 0.6 is 0 Å². The van der Waals surface area contributed by atoms with Crippen molar-refractivity contribution in [2.75, 3.05) is 50.9 Å². The second-order valence-corrected chi connectivity index (χ2v) is 9.72. The Kier molecular flexibility index (Phi) is 8.48. The van der Waals surface area contributed by atoms with Crippen LogP contribution < -0.4 is 19.1 Å². The van der Waals surface area contributed by atoms with Gasteiger partial charge in [-0.15, -0.1) is 0 Å². The predicted molar refractivity (Wildman–Crippen MR) is 147 cm³/mol. The molecule has 0 radical (unpaired) electrons. The van der Waals surface area contributed by atoms with Crippen molar-refractivity contribution in [1.82, 2.24) is 20.0 Å². The summed E-state index contributed by atoms with van der Waals surface area (Å²) in [6.07, 6.45) is 6.47. The van der Waals surface area contributed by atoms with Crippen molar-refractivity contribution in [3.63, 3.8) is 0 Å². The zero-order valence-electron chi connectivity index (χ0n) is 23.0. The SMILES string of the molecule is CCOc1cc(C(=O)N2CCN(c3ccc(-c4noc(C5CCCC5)n4)cn3)CC2)cc(OCC)c1OCC. The maximum atomic E-state index is 13.4. The minimum atomic E-state index is -0.0573. The number of carbonyl (C=O) groups excluding carboxylic acids is 1. The minimum absolute atomic E-state index is 0.0573. The van der Waals surface area contributed by atoms with E-state index in [9.17, 15) is 4.79 Å². The highest BCUT2D eigenvalue weighted by Crippen LogP contribution is 2.39. The summed E-state index contributed by atoms with van der Waals surface area (Å²) >= 11 is 0. The maximum absolute atomic E-state index is 13.4. The van der Waals surface area contributed by atoms with E-state index in [1.54, 1.807) is 18.3 Å². The Labute approximate surface area is 229 Å². The molecule has 0 spiro atoms. The minimum Gasteiger partial charge on any atom is -0.490 e. The number of pyridine rings is 1. The molecule has 1 aliphatic heterocycles. The molecule has 1 saturated carbocycles. The molecule has 10 nitrogen and oxygen atoms in total. The Balaban J connectivity index is 1.23. The number of hydrogen-bond donors (Lipinski definition) is 0. The van der Waals surface area contributed by atoms with Crippen molar-refractivity contribution in [3.8, 4) is 28.6 Å². The van der Waals surface area contributed by atoms with Crippen LogP contribution in [0.1, 0.15) is 68.6 Å². The smallest absolute Gasteiger partial charge is 0.254 e. The van der Waals surface area contributed by atoms with Gasteiger partial charge < -0.3 is 28.5 Å². The Morgan fingerprint density at radius 3 is 2.21 bits per heavy atom. The summed E-state index contributed by atoms with van der Waals surface area (Å²) in [6, 6.07) is 7.46. The van der Waals surface area contributed by atoms with Crippen molar-refractivity contribution in [3.05, 3.63) is 41.9 Å². The molecule has 0 unspecified atom stereocenters. The van der Waals surface area contributed by atoms with Crippen LogP contribution in [0, 0.1) is 0 Å². The van der Waals surface area contributed by atoms with E-state index in [0.29, 0.717) is 80.6 Å². The molecule has 1 aliphatic carbocycles. The number of aromatic nitrogens is 3. The average molecular weight is 536 g/mol. The summed E-state index contributed by atoms with van der Waals surface area (Å²) in [4.78, 5) is 26.8. The van der Waals surface area contributed by atoms with Gasteiger partial charge in [0.1, 0.15) is 5.82 Å². The molecule has 2 aliphatic rings. The summed E-state index contributed by atoms with van der Waals surface area (Å²) in [6.45, 7) is 9.63. The van der Waals surface area contributed by atoms with Gasteiger partial charge in [-0.3, -0.25) is 4.79 Å². The van der Waals surface area contributed by atoms with Crippen LogP contribution in [0.4, 0.5) is 5.82 Å². The van der Waals surface area contributed by atoms with Gasteiger partial charge in [0, 0.05) is 49.4 Å². The first-order chi connectivity index (χ1) is 19.1. The number of benzene rings is 1. The Bertz CT molecular complexity index is 1220. The van der Waals surface area contributed by atoms with Crippen molar-refractivity contribution >= 4 is 11.7 Å². The van der Waals surface area contributed by atoms with E-state index < -0.39 is 0 Å². The van der Waals surface area contributed by atoms with Gasteiger partial charge >= 0.3 is 0 Å². The molecule has 3 aromatic rings. The lowest BCUT2D eigenvalue weighted by molar-refractivity contribution is 0.0745. The first-order valence-corrected chi connectivity index (χ1v) is 14.0.